The molecule has 0 aliphatic carbocycles. The lowest BCUT2D eigenvalue weighted by molar-refractivity contribution is -0.354. The summed E-state index contributed by atoms with van der Waals surface area (Å²) in [6.45, 7) is 1.29. The molecule has 16 heteroatoms. The van der Waals surface area contributed by atoms with Gasteiger partial charge in [0.1, 0.15) is 67.1 Å². The van der Waals surface area contributed by atoms with E-state index < -0.39 is 111 Å². The first-order valence-electron chi connectivity index (χ1n) is 11.4. The molecule has 0 aromatic carbocycles. The zero-order valence-corrected chi connectivity index (χ0v) is 19.5. The standard InChI is InChI=1S/C20H35NO15/c1-5-10(24)13(27)15(29)19(33-5)32-4-8-11(25)14(28)16(30)20(35-8)36-17-7(3-22)34-18(31)9(12(17)26)21-6(2)23/h5,7-20,22,24-31H,3-4H2,1-2H3,(H,21,23)/t5-,7+,8+,9+,10+,11-,12+,13+,14-,15-,16+,17+,18?,19+,20-/m0/s1. The zero-order valence-electron chi connectivity index (χ0n) is 19.5. The van der Waals surface area contributed by atoms with Gasteiger partial charge in [-0.3, -0.25) is 4.79 Å². The minimum Gasteiger partial charge on any atom is -0.394 e. The topological polar surface area (TPSA) is 257 Å². The highest BCUT2D eigenvalue weighted by Crippen LogP contribution is 2.30. The van der Waals surface area contributed by atoms with Crippen LogP contribution in [0.3, 0.4) is 0 Å². The predicted molar refractivity (Wildman–Crippen MR) is 111 cm³/mol. The summed E-state index contributed by atoms with van der Waals surface area (Å²) in [6.07, 6.45) is -21.5. The van der Waals surface area contributed by atoms with Crippen LogP contribution in [0.15, 0.2) is 0 Å². The lowest BCUT2D eigenvalue weighted by atomic mass is 9.95. The molecule has 10 N–H and O–H groups in total. The number of rotatable bonds is 7. The second-order valence-corrected chi connectivity index (χ2v) is 9.09. The fourth-order valence-electron chi connectivity index (χ4n) is 4.30. The Balaban J connectivity index is 1.69. The minimum atomic E-state index is -1.85. The highest BCUT2D eigenvalue weighted by molar-refractivity contribution is 5.73. The van der Waals surface area contributed by atoms with Crippen LogP contribution in [0.4, 0.5) is 0 Å². The summed E-state index contributed by atoms with van der Waals surface area (Å²) in [5.74, 6) is -0.605. The van der Waals surface area contributed by atoms with E-state index in [0.29, 0.717) is 0 Å². The highest BCUT2D eigenvalue weighted by atomic mass is 16.7. The molecule has 0 aromatic rings. The van der Waals surface area contributed by atoms with E-state index in [9.17, 15) is 50.8 Å². The Kier molecular flexibility index (Phi) is 9.97. The molecule has 0 aromatic heterocycles. The number of aliphatic hydroxyl groups excluding tert-OH is 9. The van der Waals surface area contributed by atoms with Gasteiger partial charge in [0.15, 0.2) is 18.9 Å². The van der Waals surface area contributed by atoms with Gasteiger partial charge in [0.25, 0.3) is 0 Å². The smallest absolute Gasteiger partial charge is 0.217 e. The Morgan fingerprint density at radius 3 is 2.00 bits per heavy atom. The van der Waals surface area contributed by atoms with Crippen LogP contribution in [0, 0.1) is 0 Å². The van der Waals surface area contributed by atoms with Gasteiger partial charge < -0.3 is 75.0 Å². The van der Waals surface area contributed by atoms with Gasteiger partial charge in [-0.15, -0.1) is 0 Å². The number of ether oxygens (including phenoxy) is 5. The van der Waals surface area contributed by atoms with Crippen molar-refractivity contribution in [1.29, 1.82) is 0 Å². The van der Waals surface area contributed by atoms with E-state index in [1.165, 1.54) is 6.92 Å². The molecule has 0 bridgehead atoms. The van der Waals surface area contributed by atoms with Gasteiger partial charge >= 0.3 is 0 Å². The number of hydrogen-bond donors (Lipinski definition) is 10. The molecule has 0 spiro atoms. The Bertz CT molecular complexity index is 731. The maximum Gasteiger partial charge on any atom is 0.217 e. The van der Waals surface area contributed by atoms with E-state index in [1.54, 1.807) is 0 Å². The summed E-state index contributed by atoms with van der Waals surface area (Å²) < 4.78 is 27.0. The summed E-state index contributed by atoms with van der Waals surface area (Å²) in [5, 5.41) is 93.4. The first-order chi connectivity index (χ1) is 16.9. The molecule has 0 radical (unpaired) electrons. The van der Waals surface area contributed by atoms with Crippen LogP contribution in [-0.2, 0) is 28.5 Å². The van der Waals surface area contributed by atoms with E-state index in [1.807, 2.05) is 0 Å². The van der Waals surface area contributed by atoms with Crippen LogP contribution in [0.5, 0.6) is 0 Å². The van der Waals surface area contributed by atoms with Gasteiger partial charge in [-0.25, -0.2) is 0 Å². The average Bonchev–Trinajstić information content (AvgIpc) is 2.83. The van der Waals surface area contributed by atoms with Gasteiger partial charge in [-0.05, 0) is 6.92 Å². The van der Waals surface area contributed by atoms with Crippen molar-refractivity contribution in [3.8, 4) is 0 Å². The van der Waals surface area contributed by atoms with Crippen molar-refractivity contribution in [2.45, 2.75) is 106 Å². The van der Waals surface area contributed by atoms with Crippen LogP contribution in [-0.4, -0.2) is 157 Å². The molecule has 3 aliphatic heterocycles. The van der Waals surface area contributed by atoms with Gasteiger partial charge in [0.2, 0.25) is 5.91 Å². The zero-order chi connectivity index (χ0) is 26.9. The predicted octanol–water partition coefficient (Wildman–Crippen LogP) is -6.40. The SMILES string of the molecule is CC(=O)N[C@H]1C(O)O[C@H](CO)[C@@H](O[C@@H]2O[C@H](CO[C@@H]3O[C@@H](C)[C@@H](O)[C@@H](O)[C@@H]3O)[C@H](O)[C@H](O)[C@H]2O)[C@@H]1O. The van der Waals surface area contributed by atoms with Crippen molar-refractivity contribution in [1.82, 2.24) is 5.32 Å². The summed E-state index contributed by atoms with van der Waals surface area (Å²) in [4.78, 5) is 11.4. The first kappa shape index (κ1) is 29.5. The van der Waals surface area contributed by atoms with E-state index in [-0.39, 0.29) is 0 Å². The minimum absolute atomic E-state index is 0.539. The third kappa shape index (κ3) is 6.13. The van der Waals surface area contributed by atoms with Crippen LogP contribution in [0.25, 0.3) is 0 Å². The van der Waals surface area contributed by atoms with Crippen molar-refractivity contribution in [3.05, 3.63) is 0 Å². The molecule has 3 rings (SSSR count). The van der Waals surface area contributed by atoms with E-state index in [2.05, 4.69) is 5.32 Å². The van der Waals surface area contributed by atoms with Crippen LogP contribution < -0.4 is 5.32 Å². The number of carbonyl (C=O) groups excluding carboxylic acids is 1. The fraction of sp³-hybridized carbons (Fsp3) is 0.950. The number of nitrogens with one attached hydrogen (secondary N) is 1. The molecule has 1 unspecified atom stereocenters. The molecule has 15 atom stereocenters. The van der Waals surface area contributed by atoms with E-state index >= 15 is 0 Å². The summed E-state index contributed by atoms with van der Waals surface area (Å²) in [5.41, 5.74) is 0. The monoisotopic (exact) mass is 529 g/mol. The Labute approximate surface area is 205 Å². The number of aliphatic hydroxyl groups is 9. The lowest BCUT2D eigenvalue weighted by Crippen LogP contribution is -2.67. The molecule has 3 heterocycles. The van der Waals surface area contributed by atoms with Gasteiger partial charge in [-0.1, -0.05) is 0 Å². The summed E-state index contributed by atoms with van der Waals surface area (Å²) in [7, 11) is 0. The first-order valence-corrected chi connectivity index (χ1v) is 11.4. The largest absolute Gasteiger partial charge is 0.394 e. The normalized spacial score (nSPS) is 50.0. The molecule has 16 nitrogen and oxygen atoms in total. The van der Waals surface area contributed by atoms with Crippen LogP contribution in [0.2, 0.25) is 0 Å². The average molecular weight is 529 g/mol. The van der Waals surface area contributed by atoms with Gasteiger partial charge in [0.05, 0.1) is 19.3 Å². The molecule has 3 saturated heterocycles. The molecule has 3 fully saturated rings. The van der Waals surface area contributed by atoms with Gasteiger partial charge in [-0.2, -0.15) is 0 Å². The maximum atomic E-state index is 11.4. The quantitative estimate of drug-likeness (QED) is 0.147. The molecule has 1 amide bonds. The van der Waals surface area contributed by atoms with Crippen LogP contribution in [0.1, 0.15) is 13.8 Å². The summed E-state index contributed by atoms with van der Waals surface area (Å²) in [6, 6.07) is -1.36. The number of hydrogen-bond acceptors (Lipinski definition) is 15. The lowest BCUT2D eigenvalue weighted by Gasteiger charge is -2.46. The Hall–Kier alpha value is -1.09. The number of carbonyl (C=O) groups is 1. The second kappa shape index (κ2) is 12.2. The highest BCUT2D eigenvalue weighted by Gasteiger charge is 2.51. The van der Waals surface area contributed by atoms with Crippen LogP contribution >= 0.6 is 0 Å². The van der Waals surface area contributed by atoms with Crippen molar-refractivity contribution in [3.63, 3.8) is 0 Å². The second-order valence-electron chi connectivity index (χ2n) is 9.09. The molecular formula is C20H35NO15. The Morgan fingerprint density at radius 1 is 0.778 bits per heavy atom. The number of amides is 1. The molecule has 0 saturated carbocycles. The van der Waals surface area contributed by atoms with Crippen molar-refractivity contribution in [2.75, 3.05) is 13.2 Å². The molecule has 210 valence electrons. The van der Waals surface area contributed by atoms with Gasteiger partial charge in [0, 0.05) is 6.92 Å². The van der Waals surface area contributed by atoms with Crippen molar-refractivity contribution in [2.24, 2.45) is 0 Å². The van der Waals surface area contributed by atoms with E-state index in [0.717, 1.165) is 6.92 Å². The molecular weight excluding hydrogens is 494 g/mol. The maximum absolute atomic E-state index is 11.4. The van der Waals surface area contributed by atoms with Crippen molar-refractivity contribution >= 4 is 5.91 Å². The third-order valence-corrected chi connectivity index (χ3v) is 6.44. The Morgan fingerprint density at radius 2 is 1.39 bits per heavy atom. The molecule has 3 aliphatic rings. The van der Waals surface area contributed by atoms with Crippen molar-refractivity contribution < 1.29 is 74.4 Å². The molecule has 36 heavy (non-hydrogen) atoms. The summed E-state index contributed by atoms with van der Waals surface area (Å²) >= 11 is 0. The van der Waals surface area contributed by atoms with E-state index in [4.69, 9.17) is 23.7 Å². The third-order valence-electron chi connectivity index (χ3n) is 6.44. The fourth-order valence-corrected chi connectivity index (χ4v) is 4.30.